The van der Waals surface area contributed by atoms with Gasteiger partial charge >= 0.3 is 0 Å². The number of nitrogens with one attached hydrogen (secondary N) is 2. The molecule has 0 bridgehead atoms. The lowest BCUT2D eigenvalue weighted by Gasteiger charge is -2.13. The second-order valence-electron chi connectivity index (χ2n) is 4.60. The first-order valence-corrected chi connectivity index (χ1v) is 7.16. The number of aliphatic imine (C=N–C) groups is 1. The SMILES string of the molecule is CN=C(NCCc1ccccn1)NCc1cccnc1OC.I. The van der Waals surface area contributed by atoms with Crippen LogP contribution in [-0.2, 0) is 13.0 Å². The van der Waals surface area contributed by atoms with Crippen LogP contribution >= 0.6 is 24.0 Å². The zero-order valence-corrected chi connectivity index (χ0v) is 15.7. The highest BCUT2D eigenvalue weighted by Gasteiger charge is 2.04. The van der Waals surface area contributed by atoms with E-state index in [9.17, 15) is 0 Å². The molecule has 23 heavy (non-hydrogen) atoms. The van der Waals surface area contributed by atoms with Gasteiger partial charge < -0.3 is 15.4 Å². The van der Waals surface area contributed by atoms with Gasteiger partial charge in [0, 0.05) is 50.2 Å². The molecule has 2 heterocycles. The van der Waals surface area contributed by atoms with Crippen LogP contribution in [0.15, 0.2) is 47.7 Å². The Balaban J connectivity index is 0.00000264. The molecule has 7 heteroatoms. The zero-order valence-electron chi connectivity index (χ0n) is 13.3. The Morgan fingerprint density at radius 3 is 2.65 bits per heavy atom. The second kappa shape index (κ2) is 10.8. The zero-order chi connectivity index (χ0) is 15.6. The Bertz CT molecular complexity index is 606. The summed E-state index contributed by atoms with van der Waals surface area (Å²) >= 11 is 0. The van der Waals surface area contributed by atoms with Crippen molar-refractivity contribution in [2.75, 3.05) is 20.7 Å². The molecule has 0 saturated heterocycles. The number of aromatic nitrogens is 2. The van der Waals surface area contributed by atoms with E-state index in [1.807, 2.05) is 30.3 Å². The molecule has 0 aliphatic heterocycles. The van der Waals surface area contributed by atoms with Crippen LogP contribution < -0.4 is 15.4 Å². The van der Waals surface area contributed by atoms with Crippen molar-refractivity contribution in [1.29, 1.82) is 0 Å². The van der Waals surface area contributed by atoms with Gasteiger partial charge in [-0.15, -0.1) is 24.0 Å². The number of ether oxygens (including phenoxy) is 1. The molecule has 0 amide bonds. The van der Waals surface area contributed by atoms with E-state index in [2.05, 4.69) is 25.6 Å². The maximum atomic E-state index is 5.23. The van der Waals surface area contributed by atoms with Crippen molar-refractivity contribution < 1.29 is 4.74 Å². The van der Waals surface area contributed by atoms with Gasteiger partial charge in [0.1, 0.15) is 0 Å². The molecule has 2 aromatic heterocycles. The van der Waals surface area contributed by atoms with Crippen molar-refractivity contribution in [3.8, 4) is 5.88 Å². The van der Waals surface area contributed by atoms with E-state index in [0.29, 0.717) is 12.4 Å². The molecule has 0 spiro atoms. The fraction of sp³-hybridized carbons (Fsp3) is 0.312. The Labute approximate surface area is 153 Å². The summed E-state index contributed by atoms with van der Waals surface area (Å²) in [5.41, 5.74) is 2.04. The Morgan fingerprint density at radius 2 is 1.96 bits per heavy atom. The third kappa shape index (κ3) is 6.39. The quantitative estimate of drug-likeness (QED) is 0.420. The predicted molar refractivity (Wildman–Crippen MR) is 102 cm³/mol. The number of hydrogen-bond acceptors (Lipinski definition) is 4. The van der Waals surface area contributed by atoms with Crippen LogP contribution in [0, 0.1) is 0 Å². The minimum absolute atomic E-state index is 0. The van der Waals surface area contributed by atoms with Crippen LogP contribution in [0.2, 0.25) is 0 Å². The third-order valence-corrected chi connectivity index (χ3v) is 3.11. The molecule has 0 atom stereocenters. The highest BCUT2D eigenvalue weighted by molar-refractivity contribution is 14.0. The topological polar surface area (TPSA) is 71.4 Å². The summed E-state index contributed by atoms with van der Waals surface area (Å²) in [6.45, 7) is 1.36. The van der Waals surface area contributed by atoms with Crippen LogP contribution in [0.5, 0.6) is 5.88 Å². The first-order chi connectivity index (χ1) is 10.8. The van der Waals surface area contributed by atoms with Gasteiger partial charge in [-0.1, -0.05) is 12.1 Å². The summed E-state index contributed by atoms with van der Waals surface area (Å²) < 4.78 is 5.23. The molecule has 0 aliphatic carbocycles. The molecule has 2 N–H and O–H groups in total. The number of nitrogens with zero attached hydrogens (tertiary/aromatic N) is 3. The third-order valence-electron chi connectivity index (χ3n) is 3.11. The van der Waals surface area contributed by atoms with Gasteiger partial charge in [-0.3, -0.25) is 9.98 Å². The smallest absolute Gasteiger partial charge is 0.218 e. The van der Waals surface area contributed by atoms with Crippen LogP contribution in [0.1, 0.15) is 11.3 Å². The maximum absolute atomic E-state index is 5.23. The van der Waals surface area contributed by atoms with Crippen molar-refractivity contribution in [1.82, 2.24) is 20.6 Å². The average molecular weight is 427 g/mol. The summed E-state index contributed by atoms with van der Waals surface area (Å²) in [6.07, 6.45) is 4.36. The molecule has 0 aromatic carbocycles. The van der Waals surface area contributed by atoms with Crippen molar-refractivity contribution >= 4 is 29.9 Å². The van der Waals surface area contributed by atoms with E-state index in [0.717, 1.165) is 30.2 Å². The van der Waals surface area contributed by atoms with E-state index in [-0.39, 0.29) is 24.0 Å². The van der Waals surface area contributed by atoms with Crippen LogP contribution in [0.4, 0.5) is 0 Å². The number of pyridine rings is 2. The van der Waals surface area contributed by atoms with Crippen molar-refractivity contribution in [3.05, 3.63) is 54.0 Å². The van der Waals surface area contributed by atoms with Crippen LogP contribution in [-0.4, -0.2) is 36.6 Å². The van der Waals surface area contributed by atoms with E-state index < -0.39 is 0 Å². The standard InChI is InChI=1S/C16H21N5O.HI/c1-17-16(20-11-8-14-7-3-4-9-18-14)21-12-13-6-5-10-19-15(13)22-2;/h3-7,9-10H,8,11-12H2,1-2H3,(H2,17,20,21);1H. The predicted octanol–water partition coefficient (Wildman–Crippen LogP) is 2.01. The van der Waals surface area contributed by atoms with Gasteiger partial charge in [-0.2, -0.15) is 0 Å². The van der Waals surface area contributed by atoms with E-state index in [4.69, 9.17) is 4.74 Å². The number of rotatable bonds is 6. The molecule has 2 rings (SSSR count). The van der Waals surface area contributed by atoms with Gasteiger partial charge in [0.15, 0.2) is 5.96 Å². The molecule has 124 valence electrons. The molecule has 0 unspecified atom stereocenters. The number of halogens is 1. The number of guanidine groups is 1. The number of methoxy groups -OCH3 is 1. The summed E-state index contributed by atoms with van der Waals surface area (Å²) in [5.74, 6) is 1.36. The van der Waals surface area contributed by atoms with E-state index in [1.54, 1.807) is 26.6 Å². The van der Waals surface area contributed by atoms with Gasteiger partial charge in [0.05, 0.1) is 7.11 Å². The Morgan fingerprint density at radius 1 is 1.13 bits per heavy atom. The van der Waals surface area contributed by atoms with Crippen molar-refractivity contribution in [2.24, 2.45) is 4.99 Å². The molecule has 0 radical (unpaired) electrons. The van der Waals surface area contributed by atoms with Gasteiger partial charge in [-0.25, -0.2) is 4.98 Å². The maximum Gasteiger partial charge on any atom is 0.218 e. The summed E-state index contributed by atoms with van der Waals surface area (Å²) in [7, 11) is 3.36. The second-order valence-corrected chi connectivity index (χ2v) is 4.60. The summed E-state index contributed by atoms with van der Waals surface area (Å²) in [6, 6.07) is 9.78. The fourth-order valence-electron chi connectivity index (χ4n) is 2.00. The monoisotopic (exact) mass is 427 g/mol. The molecular formula is C16H22IN5O. The fourth-order valence-corrected chi connectivity index (χ4v) is 2.00. The highest BCUT2D eigenvalue weighted by Crippen LogP contribution is 2.12. The minimum atomic E-state index is 0. The normalized spacial score (nSPS) is 10.6. The van der Waals surface area contributed by atoms with Gasteiger partial charge in [-0.05, 0) is 18.2 Å². The molecule has 0 fully saturated rings. The van der Waals surface area contributed by atoms with Gasteiger partial charge in [0.25, 0.3) is 0 Å². The first-order valence-electron chi connectivity index (χ1n) is 7.16. The van der Waals surface area contributed by atoms with Crippen LogP contribution in [0.25, 0.3) is 0 Å². The molecular weight excluding hydrogens is 405 g/mol. The molecule has 2 aromatic rings. The lowest BCUT2D eigenvalue weighted by atomic mass is 10.2. The summed E-state index contributed by atoms with van der Waals surface area (Å²) in [5, 5.41) is 6.51. The average Bonchev–Trinajstić information content (AvgIpc) is 2.59. The van der Waals surface area contributed by atoms with Crippen molar-refractivity contribution in [3.63, 3.8) is 0 Å². The molecule has 0 aliphatic rings. The Hall–Kier alpha value is -1.90. The minimum Gasteiger partial charge on any atom is -0.481 e. The van der Waals surface area contributed by atoms with Crippen LogP contribution in [0.3, 0.4) is 0 Å². The highest BCUT2D eigenvalue weighted by atomic mass is 127. The molecule has 6 nitrogen and oxygen atoms in total. The largest absolute Gasteiger partial charge is 0.481 e. The van der Waals surface area contributed by atoms with Crippen molar-refractivity contribution in [2.45, 2.75) is 13.0 Å². The lowest BCUT2D eigenvalue weighted by molar-refractivity contribution is 0.392. The molecule has 0 saturated carbocycles. The van der Waals surface area contributed by atoms with E-state index >= 15 is 0 Å². The first kappa shape index (κ1) is 19.1. The summed E-state index contributed by atoms with van der Waals surface area (Å²) in [4.78, 5) is 12.7. The van der Waals surface area contributed by atoms with Gasteiger partial charge in [0.2, 0.25) is 5.88 Å². The Kier molecular flexibility index (Phi) is 8.96. The van der Waals surface area contributed by atoms with E-state index in [1.165, 1.54) is 0 Å². The number of hydrogen-bond donors (Lipinski definition) is 2. The lowest BCUT2D eigenvalue weighted by Crippen LogP contribution is -2.38.